The second-order valence-corrected chi connectivity index (χ2v) is 10.2. The Bertz CT molecular complexity index is 1060. The number of hydrogen-bond donors (Lipinski definition) is 0. The van der Waals surface area contributed by atoms with E-state index < -0.39 is 0 Å². The van der Waals surface area contributed by atoms with Gasteiger partial charge in [-0.15, -0.1) is 0 Å². The molecule has 38 heavy (non-hydrogen) atoms. The molecule has 0 unspecified atom stereocenters. The minimum Gasteiger partial charge on any atom is -0.497 e. The summed E-state index contributed by atoms with van der Waals surface area (Å²) in [6.07, 6.45) is 8.80. The van der Waals surface area contributed by atoms with Gasteiger partial charge < -0.3 is 24.0 Å². The Kier molecular flexibility index (Phi) is 10.3. The number of carbonyl (C=O) groups is 2. The standard InChI is InChI=1S/C31H42N2O5/c1-3-32-20-11-5-4-6-12-21-33(30(34)23-37-25-15-13-14-24(22-25)36-2)27-17-8-10-19-29(27)38-28-18-9-7-16-26(28)31(32)35/h7,9,13-16,18,22,27,29H,3-6,8,10-12,17,19-21,23H2,1-2H3/t27-,29+/m1/s1. The fourth-order valence-corrected chi connectivity index (χ4v) is 5.56. The molecule has 2 aliphatic rings. The third-order valence-electron chi connectivity index (χ3n) is 7.68. The molecule has 0 N–H and O–H groups in total. The zero-order valence-corrected chi connectivity index (χ0v) is 22.9. The van der Waals surface area contributed by atoms with Crippen LogP contribution in [0.15, 0.2) is 48.5 Å². The molecular formula is C31H42N2O5. The zero-order chi connectivity index (χ0) is 26.7. The number of ether oxygens (including phenoxy) is 3. The molecule has 1 heterocycles. The molecule has 4 rings (SSSR count). The largest absolute Gasteiger partial charge is 0.497 e. The number of fused-ring (bicyclic) bond motifs is 2. The number of benzene rings is 2. The summed E-state index contributed by atoms with van der Waals surface area (Å²) in [4.78, 5) is 31.0. The van der Waals surface area contributed by atoms with E-state index in [-0.39, 0.29) is 30.6 Å². The van der Waals surface area contributed by atoms with Crippen molar-refractivity contribution in [2.24, 2.45) is 0 Å². The predicted molar refractivity (Wildman–Crippen MR) is 148 cm³/mol. The van der Waals surface area contributed by atoms with Crippen LogP contribution < -0.4 is 14.2 Å². The highest BCUT2D eigenvalue weighted by molar-refractivity contribution is 5.97. The van der Waals surface area contributed by atoms with Gasteiger partial charge in [-0.1, -0.05) is 43.9 Å². The van der Waals surface area contributed by atoms with Crippen molar-refractivity contribution >= 4 is 11.8 Å². The monoisotopic (exact) mass is 522 g/mol. The van der Waals surface area contributed by atoms with Crippen LogP contribution >= 0.6 is 0 Å². The number of carbonyl (C=O) groups excluding carboxylic acids is 2. The van der Waals surface area contributed by atoms with Gasteiger partial charge in [-0.25, -0.2) is 0 Å². The van der Waals surface area contributed by atoms with E-state index in [9.17, 15) is 9.59 Å². The van der Waals surface area contributed by atoms with Gasteiger partial charge in [-0.2, -0.15) is 0 Å². The fourth-order valence-electron chi connectivity index (χ4n) is 5.56. The average molecular weight is 523 g/mol. The number of para-hydroxylation sites is 1. The molecule has 0 saturated heterocycles. The maximum absolute atomic E-state index is 13.6. The summed E-state index contributed by atoms with van der Waals surface area (Å²) in [6.45, 7) is 4.12. The van der Waals surface area contributed by atoms with E-state index in [1.165, 1.54) is 0 Å². The van der Waals surface area contributed by atoms with Crippen LogP contribution in [0.2, 0.25) is 0 Å². The van der Waals surface area contributed by atoms with Gasteiger partial charge >= 0.3 is 0 Å². The molecule has 2 aromatic rings. The van der Waals surface area contributed by atoms with Crippen molar-refractivity contribution in [3.05, 3.63) is 54.1 Å². The molecule has 0 spiro atoms. The minimum absolute atomic E-state index is 0.0185. The van der Waals surface area contributed by atoms with Crippen LogP contribution in [0.4, 0.5) is 0 Å². The summed E-state index contributed by atoms with van der Waals surface area (Å²) in [5, 5.41) is 0. The molecule has 7 nitrogen and oxygen atoms in total. The zero-order valence-electron chi connectivity index (χ0n) is 22.9. The van der Waals surface area contributed by atoms with Crippen LogP contribution in [0, 0.1) is 0 Å². The van der Waals surface area contributed by atoms with E-state index in [4.69, 9.17) is 14.2 Å². The van der Waals surface area contributed by atoms with Crippen molar-refractivity contribution in [1.82, 2.24) is 9.80 Å². The lowest BCUT2D eigenvalue weighted by molar-refractivity contribution is -0.139. The highest BCUT2D eigenvalue weighted by Crippen LogP contribution is 2.31. The SMILES string of the molecule is CCN1CCCCCCCN(C(=O)COc2cccc(OC)c2)[C@@H]2CCCC[C@@H]2Oc2ccccc2C1=O. The Hall–Kier alpha value is -3.22. The van der Waals surface area contributed by atoms with Gasteiger partial charge in [0.1, 0.15) is 23.4 Å². The summed E-state index contributed by atoms with van der Waals surface area (Å²) in [7, 11) is 1.61. The number of nitrogens with zero attached hydrogens (tertiary/aromatic N) is 2. The van der Waals surface area contributed by atoms with Crippen molar-refractivity contribution in [2.75, 3.05) is 33.4 Å². The van der Waals surface area contributed by atoms with Crippen LogP contribution in [0.1, 0.15) is 75.1 Å². The van der Waals surface area contributed by atoms with E-state index in [1.54, 1.807) is 13.2 Å². The lowest BCUT2D eigenvalue weighted by Crippen LogP contribution is -2.52. The van der Waals surface area contributed by atoms with E-state index in [1.807, 2.05) is 59.2 Å². The number of amides is 2. The van der Waals surface area contributed by atoms with Gasteiger partial charge in [-0.3, -0.25) is 9.59 Å². The predicted octanol–water partition coefficient (Wildman–Crippen LogP) is 5.72. The van der Waals surface area contributed by atoms with Gasteiger partial charge in [0.05, 0.1) is 18.7 Å². The Morgan fingerprint density at radius 3 is 2.47 bits per heavy atom. The van der Waals surface area contributed by atoms with Crippen molar-refractivity contribution in [1.29, 1.82) is 0 Å². The molecule has 1 aliphatic carbocycles. The second-order valence-electron chi connectivity index (χ2n) is 10.2. The molecule has 2 amide bonds. The Morgan fingerprint density at radius 1 is 0.921 bits per heavy atom. The first-order chi connectivity index (χ1) is 18.6. The van der Waals surface area contributed by atoms with Crippen LogP contribution in [0.5, 0.6) is 17.2 Å². The molecule has 2 aromatic carbocycles. The van der Waals surface area contributed by atoms with Crippen LogP contribution in [0.3, 0.4) is 0 Å². The lowest BCUT2D eigenvalue weighted by Gasteiger charge is -2.40. The van der Waals surface area contributed by atoms with E-state index in [0.717, 1.165) is 64.3 Å². The lowest BCUT2D eigenvalue weighted by atomic mass is 9.90. The molecule has 1 saturated carbocycles. The van der Waals surface area contributed by atoms with Gasteiger partial charge in [-0.05, 0) is 63.3 Å². The molecule has 206 valence electrons. The first-order valence-electron chi connectivity index (χ1n) is 14.2. The molecular weight excluding hydrogens is 480 g/mol. The van der Waals surface area contributed by atoms with E-state index >= 15 is 0 Å². The van der Waals surface area contributed by atoms with Gasteiger partial charge in [0.25, 0.3) is 11.8 Å². The summed E-state index contributed by atoms with van der Waals surface area (Å²) >= 11 is 0. The summed E-state index contributed by atoms with van der Waals surface area (Å²) < 4.78 is 17.8. The Balaban J connectivity index is 1.57. The summed E-state index contributed by atoms with van der Waals surface area (Å²) in [5.41, 5.74) is 0.604. The highest BCUT2D eigenvalue weighted by Gasteiger charge is 2.35. The van der Waals surface area contributed by atoms with Crippen LogP contribution in [-0.4, -0.2) is 67.1 Å². The van der Waals surface area contributed by atoms with Crippen molar-refractivity contribution in [3.63, 3.8) is 0 Å². The summed E-state index contributed by atoms with van der Waals surface area (Å²) in [5.74, 6) is 1.91. The molecule has 1 aliphatic heterocycles. The molecule has 0 radical (unpaired) electrons. The third-order valence-corrected chi connectivity index (χ3v) is 7.68. The first-order valence-corrected chi connectivity index (χ1v) is 14.2. The smallest absolute Gasteiger partial charge is 0.260 e. The van der Waals surface area contributed by atoms with Gasteiger partial charge in [0, 0.05) is 25.7 Å². The van der Waals surface area contributed by atoms with Crippen LogP contribution in [0.25, 0.3) is 0 Å². The molecule has 2 atom stereocenters. The maximum Gasteiger partial charge on any atom is 0.260 e. The Labute approximate surface area is 227 Å². The van der Waals surface area contributed by atoms with Crippen LogP contribution in [-0.2, 0) is 4.79 Å². The normalized spacial score (nSPS) is 21.3. The fraction of sp³-hybridized carbons (Fsp3) is 0.548. The molecule has 0 bridgehead atoms. The highest BCUT2D eigenvalue weighted by atomic mass is 16.5. The minimum atomic E-state index is -0.168. The topological polar surface area (TPSA) is 68.3 Å². The van der Waals surface area contributed by atoms with Gasteiger partial charge in [0.2, 0.25) is 0 Å². The number of hydrogen-bond acceptors (Lipinski definition) is 5. The van der Waals surface area contributed by atoms with E-state index in [0.29, 0.717) is 35.9 Å². The first kappa shape index (κ1) is 27.8. The van der Waals surface area contributed by atoms with Gasteiger partial charge in [0.15, 0.2) is 6.61 Å². The molecule has 0 aromatic heterocycles. The van der Waals surface area contributed by atoms with Crippen molar-refractivity contribution in [2.45, 2.75) is 76.9 Å². The maximum atomic E-state index is 13.6. The Morgan fingerprint density at radius 2 is 1.66 bits per heavy atom. The average Bonchev–Trinajstić information content (AvgIpc) is 2.96. The van der Waals surface area contributed by atoms with Crippen molar-refractivity contribution in [3.8, 4) is 17.2 Å². The summed E-state index contributed by atoms with van der Waals surface area (Å²) in [6, 6.07) is 14.8. The number of rotatable bonds is 5. The quantitative estimate of drug-likeness (QED) is 0.503. The van der Waals surface area contributed by atoms with Crippen molar-refractivity contribution < 1.29 is 23.8 Å². The number of methoxy groups -OCH3 is 1. The van der Waals surface area contributed by atoms with E-state index in [2.05, 4.69) is 0 Å². The molecule has 7 heteroatoms. The molecule has 1 fully saturated rings. The third kappa shape index (κ3) is 7.21. The second kappa shape index (κ2) is 14.1.